The molecule has 2 rings (SSSR count). The van der Waals surface area contributed by atoms with Crippen LogP contribution in [0.4, 0.5) is 0 Å². The summed E-state index contributed by atoms with van der Waals surface area (Å²) in [6, 6.07) is 10.1. The summed E-state index contributed by atoms with van der Waals surface area (Å²) in [6.07, 6.45) is 0.736. The number of likely N-dealkylation sites (N-methyl/N-ethyl adjacent to an activating group) is 1. The van der Waals surface area contributed by atoms with E-state index in [4.69, 9.17) is 32.7 Å². The molecule has 2 aromatic rings. The molecule has 0 saturated carbocycles. The van der Waals surface area contributed by atoms with Gasteiger partial charge in [0, 0.05) is 19.5 Å². The molecule has 0 heterocycles. The molecule has 31 heavy (non-hydrogen) atoms. The highest BCUT2D eigenvalue weighted by Gasteiger charge is 2.25. The fraction of sp³-hybridized carbons (Fsp3) is 0.391. The summed E-state index contributed by atoms with van der Waals surface area (Å²) in [4.78, 5) is 27.1. The lowest BCUT2D eigenvalue weighted by Gasteiger charge is -2.29. The largest absolute Gasteiger partial charge is 0.493 e. The Morgan fingerprint density at radius 3 is 2.29 bits per heavy atom. The number of carbonyl (C=O) groups is 2. The molecule has 0 spiro atoms. The van der Waals surface area contributed by atoms with Gasteiger partial charge in [-0.1, -0.05) is 35.3 Å². The van der Waals surface area contributed by atoms with E-state index in [-0.39, 0.29) is 24.8 Å². The van der Waals surface area contributed by atoms with E-state index >= 15 is 0 Å². The molecule has 0 bridgehead atoms. The van der Waals surface area contributed by atoms with Gasteiger partial charge in [0.05, 0.1) is 24.3 Å². The molecule has 1 atom stereocenters. The number of benzene rings is 2. The Labute approximate surface area is 193 Å². The number of ether oxygens (including phenoxy) is 2. The summed E-state index contributed by atoms with van der Waals surface area (Å²) < 4.78 is 10.6. The number of carbonyl (C=O) groups excluding carboxylic acids is 2. The molecule has 0 aliphatic rings. The summed E-state index contributed by atoms with van der Waals surface area (Å²) in [7, 11) is 3.14. The number of rotatable bonds is 10. The third-order valence-corrected chi connectivity index (χ3v) is 5.67. The van der Waals surface area contributed by atoms with Gasteiger partial charge in [-0.15, -0.1) is 0 Å². The van der Waals surface area contributed by atoms with Gasteiger partial charge in [0.25, 0.3) is 0 Å². The van der Waals surface area contributed by atoms with E-state index in [0.29, 0.717) is 34.5 Å². The first-order valence-electron chi connectivity index (χ1n) is 10.0. The zero-order valence-electron chi connectivity index (χ0n) is 18.2. The van der Waals surface area contributed by atoms with Crippen LogP contribution in [0.2, 0.25) is 10.0 Å². The van der Waals surface area contributed by atoms with Crippen molar-refractivity contribution in [2.75, 3.05) is 20.8 Å². The smallest absolute Gasteiger partial charge is 0.242 e. The third-order valence-electron chi connectivity index (χ3n) is 4.93. The minimum atomic E-state index is -0.632. The Hall–Kier alpha value is -2.44. The van der Waals surface area contributed by atoms with Crippen molar-refractivity contribution in [2.45, 2.75) is 39.3 Å². The number of aryl methyl sites for hydroxylation is 1. The average Bonchev–Trinajstić information content (AvgIpc) is 2.77. The Morgan fingerprint density at radius 2 is 1.68 bits per heavy atom. The third kappa shape index (κ3) is 6.77. The second-order valence-electron chi connectivity index (χ2n) is 7.03. The maximum atomic E-state index is 13.1. The molecule has 2 aromatic carbocycles. The van der Waals surface area contributed by atoms with Crippen LogP contribution in [0.5, 0.6) is 11.5 Å². The summed E-state index contributed by atoms with van der Waals surface area (Å²) >= 11 is 12.1. The standard InChI is InChI=1S/C23H28Cl2N2O4/c1-5-26-23(29)15(2)27(14-17-6-9-18(24)19(25)12-17)22(28)11-8-16-7-10-20(30-3)21(13-16)31-4/h6-7,9-10,12-13,15H,5,8,11,14H2,1-4H3,(H,26,29). The fourth-order valence-electron chi connectivity index (χ4n) is 3.17. The van der Waals surface area contributed by atoms with Crippen molar-refractivity contribution >= 4 is 35.0 Å². The van der Waals surface area contributed by atoms with Crippen LogP contribution >= 0.6 is 23.2 Å². The van der Waals surface area contributed by atoms with Crippen molar-refractivity contribution in [3.05, 3.63) is 57.6 Å². The highest BCUT2D eigenvalue weighted by molar-refractivity contribution is 6.42. The monoisotopic (exact) mass is 466 g/mol. The minimum Gasteiger partial charge on any atom is -0.493 e. The summed E-state index contributed by atoms with van der Waals surface area (Å²) in [6.45, 7) is 4.30. The van der Waals surface area contributed by atoms with Crippen molar-refractivity contribution in [2.24, 2.45) is 0 Å². The Bertz CT molecular complexity index is 920. The molecule has 6 nitrogen and oxygen atoms in total. The summed E-state index contributed by atoms with van der Waals surface area (Å²) in [5.74, 6) is 0.890. The Balaban J connectivity index is 2.18. The van der Waals surface area contributed by atoms with Crippen LogP contribution in [0.3, 0.4) is 0 Å². The predicted octanol–water partition coefficient (Wildman–Crippen LogP) is 4.50. The number of halogens is 2. The first kappa shape index (κ1) is 24.8. The van der Waals surface area contributed by atoms with E-state index in [9.17, 15) is 9.59 Å². The highest BCUT2D eigenvalue weighted by Crippen LogP contribution is 2.28. The molecule has 1 N–H and O–H groups in total. The molecule has 168 valence electrons. The number of hydrogen-bond acceptors (Lipinski definition) is 4. The molecule has 0 aliphatic carbocycles. The molecule has 0 aliphatic heterocycles. The van der Waals surface area contributed by atoms with Gasteiger partial charge < -0.3 is 19.7 Å². The van der Waals surface area contributed by atoms with Gasteiger partial charge in [-0.05, 0) is 55.7 Å². The molecule has 0 aromatic heterocycles. The summed E-state index contributed by atoms with van der Waals surface area (Å²) in [5.41, 5.74) is 1.73. The highest BCUT2D eigenvalue weighted by atomic mass is 35.5. The maximum Gasteiger partial charge on any atom is 0.242 e. The fourth-order valence-corrected chi connectivity index (χ4v) is 3.49. The van der Waals surface area contributed by atoms with Crippen molar-refractivity contribution in [3.8, 4) is 11.5 Å². The van der Waals surface area contributed by atoms with Crippen molar-refractivity contribution in [3.63, 3.8) is 0 Å². The number of hydrogen-bond donors (Lipinski definition) is 1. The van der Waals surface area contributed by atoms with Crippen molar-refractivity contribution in [1.29, 1.82) is 0 Å². The van der Waals surface area contributed by atoms with E-state index in [1.54, 1.807) is 44.2 Å². The van der Waals surface area contributed by atoms with E-state index < -0.39 is 6.04 Å². The lowest BCUT2D eigenvalue weighted by atomic mass is 10.1. The van der Waals surface area contributed by atoms with Gasteiger partial charge >= 0.3 is 0 Å². The zero-order valence-corrected chi connectivity index (χ0v) is 19.7. The molecule has 2 amide bonds. The van der Waals surface area contributed by atoms with E-state index in [0.717, 1.165) is 11.1 Å². The number of amides is 2. The predicted molar refractivity (Wildman–Crippen MR) is 123 cm³/mol. The van der Waals surface area contributed by atoms with Crippen LogP contribution in [0.25, 0.3) is 0 Å². The van der Waals surface area contributed by atoms with E-state index in [1.165, 1.54) is 0 Å². The van der Waals surface area contributed by atoms with Crippen molar-refractivity contribution < 1.29 is 19.1 Å². The topological polar surface area (TPSA) is 67.9 Å². The van der Waals surface area contributed by atoms with Gasteiger partial charge in [0.2, 0.25) is 11.8 Å². The molecule has 0 saturated heterocycles. The Morgan fingerprint density at radius 1 is 1.00 bits per heavy atom. The van der Waals surface area contributed by atoms with Crippen LogP contribution in [0.1, 0.15) is 31.4 Å². The lowest BCUT2D eigenvalue weighted by molar-refractivity contribution is -0.140. The molecular formula is C23H28Cl2N2O4. The van der Waals surface area contributed by atoms with E-state index in [1.807, 2.05) is 25.1 Å². The van der Waals surface area contributed by atoms with Gasteiger partial charge in [-0.2, -0.15) is 0 Å². The molecule has 8 heteroatoms. The van der Waals surface area contributed by atoms with Crippen LogP contribution in [-0.2, 0) is 22.6 Å². The zero-order chi connectivity index (χ0) is 23.0. The van der Waals surface area contributed by atoms with E-state index in [2.05, 4.69) is 5.32 Å². The molecule has 0 radical (unpaired) electrons. The molecule has 1 unspecified atom stereocenters. The Kier molecular flexibility index (Phi) is 9.46. The van der Waals surface area contributed by atoms with Gasteiger partial charge in [-0.3, -0.25) is 9.59 Å². The minimum absolute atomic E-state index is 0.139. The van der Waals surface area contributed by atoms with Crippen LogP contribution in [-0.4, -0.2) is 43.5 Å². The first-order chi connectivity index (χ1) is 14.8. The number of nitrogens with one attached hydrogen (secondary N) is 1. The van der Waals surface area contributed by atoms with Crippen molar-refractivity contribution in [1.82, 2.24) is 10.2 Å². The van der Waals surface area contributed by atoms with Crippen LogP contribution in [0.15, 0.2) is 36.4 Å². The second-order valence-corrected chi connectivity index (χ2v) is 7.84. The quantitative estimate of drug-likeness (QED) is 0.559. The SMILES string of the molecule is CCNC(=O)C(C)N(Cc1ccc(Cl)c(Cl)c1)C(=O)CCc1ccc(OC)c(OC)c1. The van der Waals surface area contributed by atoms with Crippen LogP contribution < -0.4 is 14.8 Å². The molecular weight excluding hydrogens is 439 g/mol. The number of methoxy groups -OCH3 is 2. The normalized spacial score (nSPS) is 11.5. The maximum absolute atomic E-state index is 13.1. The van der Waals surface area contributed by atoms with Gasteiger partial charge in [-0.25, -0.2) is 0 Å². The second kappa shape index (κ2) is 11.8. The summed E-state index contributed by atoms with van der Waals surface area (Å²) in [5, 5.41) is 3.62. The molecule has 0 fully saturated rings. The van der Waals surface area contributed by atoms with Gasteiger partial charge in [0.15, 0.2) is 11.5 Å². The number of nitrogens with zero attached hydrogens (tertiary/aromatic N) is 1. The average molecular weight is 467 g/mol. The lowest BCUT2D eigenvalue weighted by Crippen LogP contribution is -2.47. The van der Waals surface area contributed by atoms with Crippen LogP contribution in [0, 0.1) is 0 Å². The van der Waals surface area contributed by atoms with Gasteiger partial charge in [0.1, 0.15) is 6.04 Å². The first-order valence-corrected chi connectivity index (χ1v) is 10.8.